The molecule has 1 N–H and O–H groups in total. The van der Waals surface area contributed by atoms with E-state index in [2.05, 4.69) is 4.72 Å². The van der Waals surface area contributed by atoms with Crippen molar-refractivity contribution in [2.24, 2.45) is 0 Å². The van der Waals surface area contributed by atoms with Gasteiger partial charge in [-0.1, -0.05) is 17.7 Å². The molecule has 116 valence electrons. The minimum absolute atomic E-state index is 0.0177. The first-order valence-electron chi connectivity index (χ1n) is 5.93. The largest absolute Gasteiger partial charge is 0.306 e. The van der Waals surface area contributed by atoms with E-state index in [0.717, 1.165) is 23.8 Å². The van der Waals surface area contributed by atoms with Gasteiger partial charge in [-0.2, -0.15) is 4.39 Å². The number of sulfonamides is 1. The lowest BCUT2D eigenvalue weighted by atomic mass is 10.2. The maximum atomic E-state index is 13.2. The number of nitrogens with zero attached hydrogens (tertiary/aromatic N) is 1. The molecule has 2 rings (SSSR count). The van der Waals surface area contributed by atoms with Crippen LogP contribution in [0.1, 0.15) is 5.56 Å². The summed E-state index contributed by atoms with van der Waals surface area (Å²) in [6.07, 6.45) is 0. The van der Waals surface area contributed by atoms with E-state index in [0.29, 0.717) is 0 Å². The second kappa shape index (κ2) is 5.90. The summed E-state index contributed by atoms with van der Waals surface area (Å²) in [7, 11) is -4.04. The van der Waals surface area contributed by atoms with Crippen LogP contribution in [0.4, 0.5) is 15.8 Å². The highest BCUT2D eigenvalue weighted by atomic mass is 35.5. The van der Waals surface area contributed by atoms with Crippen LogP contribution in [-0.2, 0) is 10.0 Å². The summed E-state index contributed by atoms with van der Waals surface area (Å²) >= 11 is 5.90. The molecule has 9 heteroatoms. The van der Waals surface area contributed by atoms with Crippen LogP contribution in [0.2, 0.25) is 5.02 Å². The summed E-state index contributed by atoms with van der Waals surface area (Å²) in [6.45, 7) is 1.75. The third-order valence-corrected chi connectivity index (χ3v) is 4.64. The lowest BCUT2D eigenvalue weighted by molar-refractivity contribution is -0.387. The molecule has 0 bridgehead atoms. The average Bonchev–Trinajstić information content (AvgIpc) is 2.39. The smallest absolute Gasteiger partial charge is 0.279 e. The molecule has 2 aromatic carbocycles. The van der Waals surface area contributed by atoms with Crippen molar-refractivity contribution in [3.8, 4) is 0 Å². The van der Waals surface area contributed by atoms with Crippen LogP contribution in [0.5, 0.6) is 0 Å². The zero-order valence-corrected chi connectivity index (χ0v) is 12.8. The molecule has 22 heavy (non-hydrogen) atoms. The summed E-state index contributed by atoms with van der Waals surface area (Å²) < 4.78 is 39.9. The predicted molar refractivity (Wildman–Crippen MR) is 80.1 cm³/mol. The fourth-order valence-electron chi connectivity index (χ4n) is 1.75. The summed E-state index contributed by atoms with van der Waals surface area (Å²) in [5.41, 5.74) is -0.179. The molecule has 0 aliphatic rings. The van der Waals surface area contributed by atoms with E-state index in [1.54, 1.807) is 13.0 Å². The summed E-state index contributed by atoms with van der Waals surface area (Å²) in [5, 5.41) is 10.7. The number of nitro benzene ring substituents is 1. The average molecular weight is 345 g/mol. The minimum Gasteiger partial charge on any atom is -0.279 e. The molecule has 0 fully saturated rings. The summed E-state index contributed by atoms with van der Waals surface area (Å²) in [5.74, 6) is -1.05. The van der Waals surface area contributed by atoms with Crippen molar-refractivity contribution in [1.29, 1.82) is 0 Å². The molecule has 0 spiro atoms. The molecular weight excluding hydrogens is 335 g/mol. The van der Waals surface area contributed by atoms with Crippen molar-refractivity contribution in [2.45, 2.75) is 11.8 Å². The van der Waals surface area contributed by atoms with E-state index in [-0.39, 0.29) is 15.6 Å². The Labute approximate surface area is 130 Å². The number of hydrogen-bond acceptors (Lipinski definition) is 4. The Hall–Kier alpha value is -2.19. The van der Waals surface area contributed by atoms with Crippen molar-refractivity contribution in [1.82, 2.24) is 0 Å². The number of rotatable bonds is 4. The zero-order valence-electron chi connectivity index (χ0n) is 11.2. The molecule has 0 aromatic heterocycles. The van der Waals surface area contributed by atoms with Gasteiger partial charge in [-0.25, -0.2) is 8.42 Å². The molecule has 0 aliphatic heterocycles. The van der Waals surface area contributed by atoms with E-state index < -0.39 is 26.5 Å². The highest BCUT2D eigenvalue weighted by Crippen LogP contribution is 2.27. The fourth-order valence-corrected chi connectivity index (χ4v) is 3.40. The van der Waals surface area contributed by atoms with Gasteiger partial charge in [-0.15, -0.1) is 0 Å². The summed E-state index contributed by atoms with van der Waals surface area (Å²) in [6, 6.07) is 7.05. The molecule has 0 saturated carbocycles. The van der Waals surface area contributed by atoms with E-state index in [9.17, 15) is 22.9 Å². The van der Waals surface area contributed by atoms with Gasteiger partial charge in [-0.3, -0.25) is 14.8 Å². The molecule has 2 aromatic rings. The quantitative estimate of drug-likeness (QED) is 0.679. The number of halogens is 2. The van der Waals surface area contributed by atoms with Gasteiger partial charge in [0, 0.05) is 6.07 Å². The topological polar surface area (TPSA) is 89.3 Å². The number of nitrogens with one attached hydrogen (secondary N) is 1. The van der Waals surface area contributed by atoms with E-state index in [4.69, 9.17) is 11.6 Å². The third-order valence-electron chi connectivity index (χ3n) is 2.77. The number of hydrogen-bond donors (Lipinski definition) is 1. The Morgan fingerprint density at radius 2 is 1.91 bits per heavy atom. The number of nitro groups is 1. The molecular formula is C13H10ClFN2O4S. The van der Waals surface area contributed by atoms with Crippen molar-refractivity contribution >= 4 is 33.0 Å². The number of aryl methyl sites for hydroxylation is 1. The van der Waals surface area contributed by atoms with Crippen molar-refractivity contribution in [2.75, 3.05) is 4.72 Å². The lowest BCUT2D eigenvalue weighted by Gasteiger charge is -2.10. The maximum absolute atomic E-state index is 13.2. The van der Waals surface area contributed by atoms with Crippen LogP contribution in [0.15, 0.2) is 41.3 Å². The second-order valence-corrected chi connectivity index (χ2v) is 6.52. The highest BCUT2D eigenvalue weighted by molar-refractivity contribution is 7.92. The monoisotopic (exact) mass is 344 g/mol. The van der Waals surface area contributed by atoms with Gasteiger partial charge in [0.15, 0.2) is 0 Å². The Morgan fingerprint density at radius 3 is 2.50 bits per heavy atom. The van der Waals surface area contributed by atoms with Gasteiger partial charge < -0.3 is 0 Å². The van der Waals surface area contributed by atoms with Crippen molar-refractivity contribution in [3.63, 3.8) is 0 Å². The Balaban J connectivity index is 2.41. The lowest BCUT2D eigenvalue weighted by Crippen LogP contribution is -2.13. The van der Waals surface area contributed by atoms with Gasteiger partial charge in [0.05, 0.1) is 15.6 Å². The summed E-state index contributed by atoms with van der Waals surface area (Å²) in [4.78, 5) is 9.56. The molecule has 0 heterocycles. The fraction of sp³-hybridized carbons (Fsp3) is 0.0769. The second-order valence-electron chi connectivity index (χ2n) is 4.46. The predicted octanol–water partition coefficient (Wildman–Crippen LogP) is 3.50. The van der Waals surface area contributed by atoms with Crippen LogP contribution in [0.3, 0.4) is 0 Å². The normalized spacial score (nSPS) is 11.2. The molecule has 0 saturated heterocycles. The van der Waals surface area contributed by atoms with Crippen molar-refractivity contribution in [3.05, 3.63) is 62.9 Å². The van der Waals surface area contributed by atoms with Gasteiger partial charge in [0.2, 0.25) is 5.82 Å². The highest BCUT2D eigenvalue weighted by Gasteiger charge is 2.20. The zero-order chi connectivity index (χ0) is 16.5. The molecule has 0 aliphatic carbocycles. The van der Waals surface area contributed by atoms with Gasteiger partial charge in [0.1, 0.15) is 4.90 Å². The van der Waals surface area contributed by atoms with Crippen LogP contribution >= 0.6 is 11.6 Å². The molecule has 0 atom stereocenters. The minimum atomic E-state index is -4.04. The maximum Gasteiger partial charge on any atom is 0.306 e. The molecule has 0 amide bonds. The Bertz CT molecular complexity index is 855. The first-order chi connectivity index (χ1) is 10.2. The first-order valence-corrected chi connectivity index (χ1v) is 7.80. The van der Waals surface area contributed by atoms with Gasteiger partial charge in [-0.05, 0) is 36.8 Å². The van der Waals surface area contributed by atoms with Crippen LogP contribution in [-0.4, -0.2) is 13.3 Å². The number of benzene rings is 2. The van der Waals surface area contributed by atoms with E-state index in [1.165, 1.54) is 12.1 Å². The third kappa shape index (κ3) is 3.34. The standard InChI is InChI=1S/C13H10ClFN2O4S/c1-8-2-5-13(10(14)6-8)22(20,21)16-9-3-4-11(15)12(7-9)17(18)19/h2-7,16H,1H3. The van der Waals surface area contributed by atoms with Crippen LogP contribution in [0.25, 0.3) is 0 Å². The van der Waals surface area contributed by atoms with Gasteiger partial charge in [0.25, 0.3) is 10.0 Å². The molecule has 0 radical (unpaired) electrons. The van der Waals surface area contributed by atoms with Crippen LogP contribution < -0.4 is 4.72 Å². The Kier molecular flexibility index (Phi) is 4.34. The van der Waals surface area contributed by atoms with Gasteiger partial charge >= 0.3 is 5.69 Å². The Morgan fingerprint density at radius 1 is 1.23 bits per heavy atom. The van der Waals surface area contributed by atoms with E-state index >= 15 is 0 Å². The molecule has 0 unspecified atom stereocenters. The van der Waals surface area contributed by atoms with Crippen molar-refractivity contribution < 1.29 is 17.7 Å². The SMILES string of the molecule is Cc1ccc(S(=O)(=O)Nc2ccc(F)c([N+](=O)[O-])c2)c(Cl)c1. The first kappa shape index (κ1) is 16.2. The van der Waals surface area contributed by atoms with E-state index in [1.807, 2.05) is 0 Å². The molecule has 6 nitrogen and oxygen atoms in total. The number of anilines is 1. The van der Waals surface area contributed by atoms with Crippen LogP contribution in [0, 0.1) is 22.9 Å².